The van der Waals surface area contributed by atoms with Gasteiger partial charge in [0, 0.05) is 6.07 Å². The number of para-hydroxylation sites is 1. The zero-order valence-corrected chi connectivity index (χ0v) is 11.3. The topological polar surface area (TPSA) is 78.3 Å². The van der Waals surface area contributed by atoms with Crippen LogP contribution in [0.2, 0.25) is 0 Å². The van der Waals surface area contributed by atoms with Crippen LogP contribution in [0.5, 0.6) is 11.5 Å². The van der Waals surface area contributed by atoms with E-state index < -0.39 is 11.7 Å². The van der Waals surface area contributed by atoms with Gasteiger partial charge in [0.2, 0.25) is 0 Å². The Bertz CT molecular complexity index is 647. The first-order chi connectivity index (χ1) is 8.99. The van der Waals surface area contributed by atoms with Gasteiger partial charge in [-0.3, -0.25) is 4.79 Å². The number of carbonyl (C=O) groups excluding carboxylic acids is 1. The lowest BCUT2D eigenvalue weighted by Gasteiger charge is -2.10. The van der Waals surface area contributed by atoms with Crippen LogP contribution in [0.3, 0.4) is 0 Å². The van der Waals surface area contributed by atoms with Gasteiger partial charge >= 0.3 is 0 Å². The lowest BCUT2D eigenvalue weighted by molar-refractivity contribution is 0.100. The molecule has 0 spiro atoms. The van der Waals surface area contributed by atoms with Crippen LogP contribution in [0.15, 0.2) is 40.9 Å². The molecule has 4 nitrogen and oxygen atoms in total. The van der Waals surface area contributed by atoms with Crippen LogP contribution < -0.4 is 16.2 Å². The van der Waals surface area contributed by atoms with E-state index in [1.807, 2.05) is 0 Å². The first kappa shape index (κ1) is 13.4. The molecule has 2 rings (SSSR count). The van der Waals surface area contributed by atoms with Crippen molar-refractivity contribution in [2.45, 2.75) is 0 Å². The number of amides is 1. The van der Waals surface area contributed by atoms with Crippen molar-refractivity contribution in [1.82, 2.24) is 0 Å². The number of hydrogen-bond acceptors (Lipinski definition) is 3. The van der Waals surface area contributed by atoms with E-state index in [0.29, 0.717) is 4.47 Å². The standard InChI is InChI=1S/C13H10BrFN2O2/c14-9-5-4-7(6-10(9)15)19-11-3-1-2-8(12(11)16)13(17)18/h1-6H,16H2,(H2,17,18). The van der Waals surface area contributed by atoms with Crippen molar-refractivity contribution in [1.29, 1.82) is 0 Å². The Kier molecular flexibility index (Phi) is 3.71. The average molecular weight is 325 g/mol. The van der Waals surface area contributed by atoms with E-state index >= 15 is 0 Å². The molecular formula is C13H10BrFN2O2. The minimum absolute atomic E-state index is 0.123. The highest BCUT2D eigenvalue weighted by atomic mass is 79.9. The van der Waals surface area contributed by atoms with Crippen molar-refractivity contribution in [3.05, 3.63) is 52.3 Å². The summed E-state index contributed by atoms with van der Waals surface area (Å²) in [4.78, 5) is 11.1. The van der Waals surface area contributed by atoms with Gasteiger partial charge in [-0.2, -0.15) is 0 Å². The predicted octanol–water partition coefficient (Wildman–Crippen LogP) is 3.06. The second-order valence-corrected chi connectivity index (χ2v) is 4.61. The van der Waals surface area contributed by atoms with Crippen molar-refractivity contribution in [2.75, 3.05) is 5.73 Å². The number of halogens is 2. The zero-order chi connectivity index (χ0) is 14.0. The van der Waals surface area contributed by atoms with E-state index in [1.165, 1.54) is 18.2 Å². The van der Waals surface area contributed by atoms with Crippen LogP contribution >= 0.6 is 15.9 Å². The van der Waals surface area contributed by atoms with E-state index in [0.717, 1.165) is 0 Å². The van der Waals surface area contributed by atoms with Crippen LogP contribution in [0.1, 0.15) is 10.4 Å². The second-order valence-electron chi connectivity index (χ2n) is 3.76. The molecule has 6 heteroatoms. The monoisotopic (exact) mass is 324 g/mol. The van der Waals surface area contributed by atoms with Gasteiger partial charge < -0.3 is 16.2 Å². The Labute approximate surface area is 117 Å². The molecule has 0 atom stereocenters. The Balaban J connectivity index is 2.35. The Morgan fingerprint density at radius 3 is 2.63 bits per heavy atom. The average Bonchev–Trinajstić information content (AvgIpc) is 2.36. The molecule has 1 amide bonds. The molecule has 0 aromatic heterocycles. The summed E-state index contributed by atoms with van der Waals surface area (Å²) in [5.41, 5.74) is 11.2. The number of carbonyl (C=O) groups is 1. The summed E-state index contributed by atoms with van der Waals surface area (Å²) in [7, 11) is 0. The molecule has 0 unspecified atom stereocenters. The molecule has 0 bridgehead atoms. The molecule has 2 aromatic carbocycles. The largest absolute Gasteiger partial charge is 0.455 e. The molecule has 0 aliphatic heterocycles. The number of rotatable bonds is 3. The van der Waals surface area contributed by atoms with Gasteiger partial charge in [0.25, 0.3) is 5.91 Å². The van der Waals surface area contributed by atoms with Crippen molar-refractivity contribution in [3.8, 4) is 11.5 Å². The number of primary amides is 1. The summed E-state index contributed by atoms with van der Waals surface area (Å²) in [5, 5.41) is 0. The van der Waals surface area contributed by atoms with Gasteiger partial charge in [-0.25, -0.2) is 4.39 Å². The number of benzene rings is 2. The van der Waals surface area contributed by atoms with Crippen LogP contribution in [0, 0.1) is 5.82 Å². The van der Waals surface area contributed by atoms with Gasteiger partial charge in [0.15, 0.2) is 5.75 Å². The van der Waals surface area contributed by atoms with Gasteiger partial charge in [-0.05, 0) is 40.2 Å². The number of nitrogen functional groups attached to an aromatic ring is 1. The first-order valence-electron chi connectivity index (χ1n) is 5.30. The summed E-state index contributed by atoms with van der Waals surface area (Å²) < 4.78 is 19.1. The molecule has 0 saturated carbocycles. The summed E-state index contributed by atoms with van der Waals surface area (Å²) in [6, 6.07) is 8.94. The van der Waals surface area contributed by atoms with E-state index in [9.17, 15) is 9.18 Å². The highest BCUT2D eigenvalue weighted by molar-refractivity contribution is 9.10. The SMILES string of the molecule is NC(=O)c1cccc(Oc2ccc(Br)c(F)c2)c1N. The number of nitrogens with two attached hydrogens (primary N) is 2. The molecule has 98 valence electrons. The molecule has 19 heavy (non-hydrogen) atoms. The van der Waals surface area contributed by atoms with E-state index in [2.05, 4.69) is 15.9 Å². The third-order valence-electron chi connectivity index (χ3n) is 2.45. The van der Waals surface area contributed by atoms with E-state index in [4.69, 9.17) is 16.2 Å². The first-order valence-corrected chi connectivity index (χ1v) is 6.09. The lowest BCUT2D eigenvalue weighted by Crippen LogP contribution is -2.13. The molecule has 0 fully saturated rings. The Morgan fingerprint density at radius 2 is 2.00 bits per heavy atom. The maximum atomic E-state index is 13.4. The molecule has 0 radical (unpaired) electrons. The van der Waals surface area contributed by atoms with Crippen LogP contribution in [-0.2, 0) is 0 Å². The van der Waals surface area contributed by atoms with Gasteiger partial charge in [-0.1, -0.05) is 6.07 Å². The number of anilines is 1. The fourth-order valence-corrected chi connectivity index (χ4v) is 1.76. The minimum atomic E-state index is -0.648. The smallest absolute Gasteiger partial charge is 0.250 e. The fraction of sp³-hybridized carbons (Fsp3) is 0. The third-order valence-corrected chi connectivity index (χ3v) is 3.09. The normalized spacial score (nSPS) is 10.2. The summed E-state index contributed by atoms with van der Waals surface area (Å²) >= 11 is 3.04. The quantitative estimate of drug-likeness (QED) is 0.851. The Morgan fingerprint density at radius 1 is 1.26 bits per heavy atom. The molecule has 0 aliphatic rings. The van der Waals surface area contributed by atoms with Gasteiger partial charge in [0.05, 0.1) is 15.7 Å². The highest BCUT2D eigenvalue weighted by Gasteiger charge is 2.11. The van der Waals surface area contributed by atoms with Gasteiger partial charge in [-0.15, -0.1) is 0 Å². The predicted molar refractivity (Wildman–Crippen MR) is 73.5 cm³/mol. The molecule has 0 heterocycles. The fourth-order valence-electron chi connectivity index (χ4n) is 1.52. The van der Waals surface area contributed by atoms with E-state index in [-0.39, 0.29) is 22.7 Å². The summed E-state index contributed by atoms with van der Waals surface area (Å²) in [5.74, 6) is -0.584. The van der Waals surface area contributed by atoms with Crippen LogP contribution in [0.4, 0.5) is 10.1 Å². The highest BCUT2D eigenvalue weighted by Crippen LogP contribution is 2.31. The zero-order valence-electron chi connectivity index (χ0n) is 9.69. The second kappa shape index (κ2) is 5.27. The minimum Gasteiger partial charge on any atom is -0.455 e. The van der Waals surface area contributed by atoms with Crippen molar-refractivity contribution >= 4 is 27.5 Å². The van der Waals surface area contributed by atoms with Crippen molar-refractivity contribution in [3.63, 3.8) is 0 Å². The lowest BCUT2D eigenvalue weighted by atomic mass is 10.1. The summed E-state index contributed by atoms with van der Waals surface area (Å²) in [6.45, 7) is 0. The number of hydrogen-bond donors (Lipinski definition) is 2. The van der Waals surface area contributed by atoms with E-state index in [1.54, 1.807) is 18.2 Å². The Hall–Kier alpha value is -2.08. The number of ether oxygens (including phenoxy) is 1. The molecular weight excluding hydrogens is 315 g/mol. The van der Waals surface area contributed by atoms with Crippen molar-refractivity contribution < 1.29 is 13.9 Å². The molecule has 0 aliphatic carbocycles. The molecule has 2 aromatic rings. The maximum absolute atomic E-state index is 13.4. The maximum Gasteiger partial charge on any atom is 0.250 e. The van der Waals surface area contributed by atoms with Crippen molar-refractivity contribution in [2.24, 2.45) is 5.73 Å². The van der Waals surface area contributed by atoms with Crippen LogP contribution in [-0.4, -0.2) is 5.91 Å². The molecule has 0 saturated heterocycles. The third kappa shape index (κ3) is 2.85. The summed E-state index contributed by atoms with van der Waals surface area (Å²) in [6.07, 6.45) is 0. The van der Waals surface area contributed by atoms with Crippen LogP contribution in [0.25, 0.3) is 0 Å². The molecule has 4 N–H and O–H groups in total. The van der Waals surface area contributed by atoms with Gasteiger partial charge in [0.1, 0.15) is 11.6 Å².